The van der Waals surface area contributed by atoms with E-state index < -0.39 is 11.2 Å². The van der Waals surface area contributed by atoms with Crippen molar-refractivity contribution in [2.75, 3.05) is 44.5 Å². The Morgan fingerprint density at radius 3 is 2.70 bits per heavy atom. The van der Waals surface area contributed by atoms with E-state index in [0.29, 0.717) is 21.3 Å². The van der Waals surface area contributed by atoms with E-state index in [1.54, 1.807) is 17.7 Å². The molecule has 1 saturated heterocycles. The quantitative estimate of drug-likeness (QED) is 0.748. The number of ether oxygens (including phenoxy) is 1. The van der Waals surface area contributed by atoms with Gasteiger partial charge in [-0.25, -0.2) is 4.79 Å². The minimum Gasteiger partial charge on any atom is -0.492 e. The first-order valence-electron chi connectivity index (χ1n) is 9.43. The molecule has 146 valence electrons. The van der Waals surface area contributed by atoms with Crippen LogP contribution >= 0.6 is 0 Å². The van der Waals surface area contributed by atoms with Crippen LogP contribution in [0.3, 0.4) is 0 Å². The van der Waals surface area contributed by atoms with E-state index in [2.05, 4.69) is 17.1 Å². The molecule has 1 aliphatic carbocycles. The maximum atomic E-state index is 12.7. The Labute approximate surface area is 157 Å². The molecule has 2 aromatic rings. The lowest BCUT2D eigenvalue weighted by Crippen LogP contribution is -2.44. The van der Waals surface area contributed by atoms with Crippen LogP contribution in [0.25, 0.3) is 10.9 Å². The third kappa shape index (κ3) is 2.79. The summed E-state index contributed by atoms with van der Waals surface area (Å²) in [5, 5.41) is 3.69. The number of hydrogen-bond donors (Lipinski definition) is 2. The van der Waals surface area contributed by atoms with Crippen LogP contribution in [-0.2, 0) is 0 Å². The van der Waals surface area contributed by atoms with Crippen molar-refractivity contribution >= 4 is 16.6 Å². The molecule has 8 nitrogen and oxygen atoms in total. The van der Waals surface area contributed by atoms with Crippen LogP contribution in [-0.4, -0.2) is 43.0 Å². The number of anilines is 1. The van der Waals surface area contributed by atoms with Crippen molar-refractivity contribution in [2.24, 2.45) is 5.41 Å². The van der Waals surface area contributed by atoms with E-state index >= 15 is 0 Å². The molecule has 2 heterocycles. The number of fused-ring (bicyclic) bond motifs is 1. The average Bonchev–Trinajstić information content (AvgIpc) is 3.41. The molecule has 27 heavy (non-hydrogen) atoms. The monoisotopic (exact) mass is 373 g/mol. The first kappa shape index (κ1) is 17.9. The zero-order valence-electron chi connectivity index (χ0n) is 16.1. The lowest BCUT2D eigenvalue weighted by molar-refractivity contribution is 0.355. The molecule has 0 bridgehead atoms. The van der Waals surface area contributed by atoms with Crippen molar-refractivity contribution in [3.63, 3.8) is 0 Å². The molecule has 2 aliphatic rings. The predicted molar refractivity (Wildman–Crippen MR) is 106 cm³/mol. The summed E-state index contributed by atoms with van der Waals surface area (Å²) >= 11 is 0. The number of hydrogen-bond acceptors (Lipinski definition) is 6. The van der Waals surface area contributed by atoms with Crippen LogP contribution in [0.1, 0.15) is 32.2 Å². The highest BCUT2D eigenvalue weighted by Crippen LogP contribution is 2.43. The highest BCUT2D eigenvalue weighted by Gasteiger charge is 2.36. The van der Waals surface area contributed by atoms with Crippen LogP contribution in [0.15, 0.2) is 21.7 Å². The Morgan fingerprint density at radius 1 is 1.33 bits per heavy atom. The summed E-state index contributed by atoms with van der Waals surface area (Å²) in [7, 11) is 3.56. The number of methoxy groups -OCH3 is 1. The first-order valence-corrected chi connectivity index (χ1v) is 9.43. The van der Waals surface area contributed by atoms with Gasteiger partial charge in [0.15, 0.2) is 5.75 Å². The number of rotatable bonds is 5. The summed E-state index contributed by atoms with van der Waals surface area (Å²) in [5.41, 5.74) is 0.695. The molecule has 1 aromatic carbocycles. The van der Waals surface area contributed by atoms with Crippen molar-refractivity contribution in [2.45, 2.75) is 32.2 Å². The average molecular weight is 373 g/mol. The molecular weight excluding hydrogens is 346 g/mol. The smallest absolute Gasteiger partial charge is 0.350 e. The molecule has 8 heteroatoms. The van der Waals surface area contributed by atoms with Gasteiger partial charge in [0.2, 0.25) is 0 Å². The molecular formula is C19H27N5O3. The van der Waals surface area contributed by atoms with Gasteiger partial charge in [0.25, 0.3) is 5.56 Å². The minimum atomic E-state index is -0.488. The first-order chi connectivity index (χ1) is 12.9. The molecule has 0 radical (unpaired) electrons. The zero-order chi connectivity index (χ0) is 19.3. The minimum absolute atomic E-state index is 0.0766. The summed E-state index contributed by atoms with van der Waals surface area (Å²) in [6.45, 7) is 4.99. The van der Waals surface area contributed by atoms with Gasteiger partial charge >= 0.3 is 5.69 Å². The third-order valence-electron chi connectivity index (χ3n) is 5.83. The Morgan fingerprint density at radius 2 is 2.07 bits per heavy atom. The van der Waals surface area contributed by atoms with Gasteiger partial charge in [-0.1, -0.05) is 6.92 Å². The Kier molecular flexibility index (Phi) is 4.18. The summed E-state index contributed by atoms with van der Waals surface area (Å²) in [6, 6.07) is 3.76. The molecule has 1 aromatic heterocycles. The molecule has 0 spiro atoms. The van der Waals surface area contributed by atoms with Crippen LogP contribution in [0, 0.1) is 5.41 Å². The highest BCUT2D eigenvalue weighted by molar-refractivity contribution is 5.90. The van der Waals surface area contributed by atoms with Gasteiger partial charge in [0.1, 0.15) is 5.52 Å². The summed E-state index contributed by atoms with van der Waals surface area (Å²) in [4.78, 5) is 27.6. The second kappa shape index (κ2) is 6.30. The zero-order valence-corrected chi connectivity index (χ0v) is 16.1. The lowest BCUT2D eigenvalue weighted by atomic mass is 9.90. The normalized spacial score (nSPS) is 22.6. The topological polar surface area (TPSA) is 94.5 Å². The maximum absolute atomic E-state index is 12.7. The maximum Gasteiger partial charge on any atom is 0.350 e. The van der Waals surface area contributed by atoms with Gasteiger partial charge in [-0.3, -0.25) is 9.36 Å². The summed E-state index contributed by atoms with van der Waals surface area (Å²) in [6.07, 6.45) is 2.88. The molecule has 3 N–H and O–H groups in total. The van der Waals surface area contributed by atoms with Crippen molar-refractivity contribution < 1.29 is 4.74 Å². The number of nitrogen functional groups attached to an aromatic ring is 1. The van der Waals surface area contributed by atoms with Gasteiger partial charge < -0.3 is 20.8 Å². The van der Waals surface area contributed by atoms with Gasteiger partial charge in [0.05, 0.1) is 18.2 Å². The van der Waals surface area contributed by atoms with Crippen molar-refractivity contribution in [1.29, 1.82) is 0 Å². The Balaban J connectivity index is 1.92. The van der Waals surface area contributed by atoms with Gasteiger partial charge in [-0.2, -0.15) is 4.68 Å². The number of aromatic nitrogens is 2. The summed E-state index contributed by atoms with van der Waals surface area (Å²) < 4.78 is 8.11. The van der Waals surface area contributed by atoms with Crippen LogP contribution in [0.5, 0.6) is 5.75 Å². The fraction of sp³-hybridized carbons (Fsp3) is 0.579. The van der Waals surface area contributed by atoms with Crippen molar-refractivity contribution in [1.82, 2.24) is 14.6 Å². The predicted octanol–water partition coefficient (Wildman–Crippen LogP) is 0.656. The van der Waals surface area contributed by atoms with E-state index in [4.69, 9.17) is 10.6 Å². The molecule has 2 fully saturated rings. The molecule has 0 amide bonds. The fourth-order valence-corrected chi connectivity index (χ4v) is 4.32. The third-order valence-corrected chi connectivity index (χ3v) is 5.83. The second-order valence-electron chi connectivity index (χ2n) is 8.09. The summed E-state index contributed by atoms with van der Waals surface area (Å²) in [5.74, 6) is 6.33. The Bertz CT molecular complexity index is 1010. The van der Waals surface area contributed by atoms with E-state index in [0.717, 1.165) is 44.6 Å². The van der Waals surface area contributed by atoms with Gasteiger partial charge in [-0.05, 0) is 43.9 Å². The molecule has 1 aliphatic heterocycles. The fourth-order valence-electron chi connectivity index (χ4n) is 4.32. The lowest BCUT2D eigenvalue weighted by Gasteiger charge is -2.27. The van der Waals surface area contributed by atoms with E-state index in [9.17, 15) is 9.59 Å². The highest BCUT2D eigenvalue weighted by atomic mass is 16.5. The van der Waals surface area contributed by atoms with Gasteiger partial charge in [-0.15, -0.1) is 0 Å². The van der Waals surface area contributed by atoms with Crippen LogP contribution in [0.2, 0.25) is 0 Å². The molecule has 4 rings (SSSR count). The molecule has 1 saturated carbocycles. The van der Waals surface area contributed by atoms with Crippen molar-refractivity contribution in [3.05, 3.63) is 33.0 Å². The SMILES string of the molecule is CNCC1(C)CCN(c2ccc3c(=O)n(N)c(=O)n(C4CC4)c3c2OC)C1. The van der Waals surface area contributed by atoms with Crippen LogP contribution < -0.4 is 32.0 Å². The van der Waals surface area contributed by atoms with E-state index in [1.807, 2.05) is 13.1 Å². The molecule has 1 unspecified atom stereocenters. The number of nitrogens with zero attached hydrogens (tertiary/aromatic N) is 3. The Hall–Kier alpha value is -2.48. The van der Waals surface area contributed by atoms with E-state index in [1.165, 1.54) is 0 Å². The molecule has 1 atom stereocenters. The standard InChI is InChI=1S/C19H27N5O3/c1-19(10-21-2)8-9-22(11-19)14-7-6-13-15(16(14)27-3)23(12-4-5-12)18(26)24(20)17(13)25/h6-7,12,21H,4-5,8-11,20H2,1-3H3. The van der Waals surface area contributed by atoms with E-state index in [-0.39, 0.29) is 11.5 Å². The van der Waals surface area contributed by atoms with Crippen LogP contribution in [0.4, 0.5) is 5.69 Å². The van der Waals surface area contributed by atoms with Crippen molar-refractivity contribution in [3.8, 4) is 5.75 Å². The number of nitrogens with one attached hydrogen (secondary N) is 1. The largest absolute Gasteiger partial charge is 0.492 e. The van der Waals surface area contributed by atoms with Gasteiger partial charge in [0, 0.05) is 25.7 Å². The number of nitrogens with two attached hydrogens (primary N) is 1. The number of benzene rings is 1. The second-order valence-corrected chi connectivity index (χ2v) is 8.09.